The summed E-state index contributed by atoms with van der Waals surface area (Å²) < 4.78 is 10.8. The Morgan fingerprint density at radius 3 is 2.82 bits per heavy atom. The summed E-state index contributed by atoms with van der Waals surface area (Å²) in [6.45, 7) is 0.960. The van der Waals surface area contributed by atoms with E-state index >= 15 is 0 Å². The average Bonchev–Trinajstić information content (AvgIpc) is 2.97. The van der Waals surface area contributed by atoms with Gasteiger partial charge in [0.1, 0.15) is 17.9 Å². The highest BCUT2D eigenvalue weighted by molar-refractivity contribution is 6.42. The van der Waals surface area contributed by atoms with Gasteiger partial charge in [0.2, 0.25) is 0 Å². The van der Waals surface area contributed by atoms with Gasteiger partial charge in [-0.15, -0.1) is 0 Å². The predicted octanol–water partition coefficient (Wildman–Crippen LogP) is 4.56. The van der Waals surface area contributed by atoms with Gasteiger partial charge in [0.25, 0.3) is 0 Å². The number of benzene rings is 2. The number of aromatic nitrogens is 2. The summed E-state index contributed by atoms with van der Waals surface area (Å²) in [5.41, 5.74) is 3.04. The lowest BCUT2D eigenvalue weighted by atomic mass is 10.0. The molecule has 1 heterocycles. The number of methoxy groups -OCH3 is 1. The Labute approximate surface area is 138 Å². The Hall–Kier alpha value is -1.75. The minimum Gasteiger partial charge on any atom is -0.491 e. The van der Waals surface area contributed by atoms with E-state index in [0.717, 1.165) is 16.6 Å². The van der Waals surface area contributed by atoms with Gasteiger partial charge in [-0.05, 0) is 12.1 Å². The summed E-state index contributed by atoms with van der Waals surface area (Å²) in [5.74, 6) is 0.707. The van der Waals surface area contributed by atoms with Crippen LogP contribution in [0.15, 0.2) is 36.7 Å². The van der Waals surface area contributed by atoms with Gasteiger partial charge in [0, 0.05) is 18.2 Å². The summed E-state index contributed by atoms with van der Waals surface area (Å²) in [4.78, 5) is 7.25. The van der Waals surface area contributed by atoms with E-state index in [0.29, 0.717) is 34.5 Å². The van der Waals surface area contributed by atoms with Crippen LogP contribution in [0.2, 0.25) is 10.0 Å². The van der Waals surface area contributed by atoms with Gasteiger partial charge >= 0.3 is 0 Å². The van der Waals surface area contributed by atoms with Crippen molar-refractivity contribution in [1.82, 2.24) is 9.97 Å². The molecule has 6 heteroatoms. The number of fused-ring (bicyclic) bond motifs is 1. The smallest absolute Gasteiger partial charge is 0.127 e. The SMILES string of the molecule is COCCOc1ccccc1-c1c(Cl)cc2[nH]cnc2c1Cl. The standard InChI is InChI=1S/C16H14Cl2N2O2/c1-21-6-7-22-13-5-3-2-4-10(13)14-11(17)8-12-16(15(14)18)20-9-19-12/h2-5,8-9H,6-7H2,1H3,(H,19,20). The quantitative estimate of drug-likeness (QED) is 0.694. The first kappa shape index (κ1) is 15.2. The molecule has 3 aromatic rings. The molecule has 1 aromatic heterocycles. The number of imidazole rings is 1. The van der Waals surface area contributed by atoms with Crippen molar-refractivity contribution >= 4 is 34.2 Å². The number of rotatable bonds is 5. The van der Waals surface area contributed by atoms with E-state index in [-0.39, 0.29) is 0 Å². The number of nitrogens with one attached hydrogen (secondary N) is 1. The fraction of sp³-hybridized carbons (Fsp3) is 0.188. The fourth-order valence-corrected chi connectivity index (χ4v) is 3.00. The van der Waals surface area contributed by atoms with E-state index in [9.17, 15) is 0 Å². The van der Waals surface area contributed by atoms with Crippen molar-refractivity contribution in [3.8, 4) is 16.9 Å². The highest BCUT2D eigenvalue weighted by atomic mass is 35.5. The molecular formula is C16H14Cl2N2O2. The van der Waals surface area contributed by atoms with Crippen LogP contribution in [-0.4, -0.2) is 30.3 Å². The van der Waals surface area contributed by atoms with Crippen molar-refractivity contribution in [3.63, 3.8) is 0 Å². The first-order valence-corrected chi connectivity index (χ1v) is 7.50. The third-order valence-corrected chi connectivity index (χ3v) is 3.97. The molecule has 0 aliphatic carbocycles. The Morgan fingerprint density at radius 2 is 2.00 bits per heavy atom. The molecule has 0 bridgehead atoms. The Morgan fingerprint density at radius 1 is 1.18 bits per heavy atom. The Kier molecular flexibility index (Phi) is 4.52. The second-order valence-corrected chi connectivity index (χ2v) is 5.47. The van der Waals surface area contributed by atoms with Gasteiger partial charge in [-0.1, -0.05) is 41.4 Å². The van der Waals surface area contributed by atoms with E-state index in [4.69, 9.17) is 32.7 Å². The van der Waals surface area contributed by atoms with Crippen LogP contribution in [0.4, 0.5) is 0 Å². The molecule has 0 saturated carbocycles. The Balaban J connectivity index is 2.11. The van der Waals surface area contributed by atoms with Gasteiger partial charge in [0.05, 0.1) is 28.5 Å². The maximum atomic E-state index is 6.51. The highest BCUT2D eigenvalue weighted by Gasteiger charge is 2.17. The lowest BCUT2D eigenvalue weighted by Crippen LogP contribution is -2.05. The maximum absolute atomic E-state index is 6.51. The second-order valence-electron chi connectivity index (χ2n) is 4.68. The van der Waals surface area contributed by atoms with E-state index in [1.54, 1.807) is 13.4 Å². The molecular weight excluding hydrogens is 323 g/mol. The van der Waals surface area contributed by atoms with Crippen LogP contribution in [0.1, 0.15) is 0 Å². The molecule has 0 atom stereocenters. The monoisotopic (exact) mass is 336 g/mol. The second kappa shape index (κ2) is 6.57. The number of hydrogen-bond donors (Lipinski definition) is 1. The zero-order valence-electron chi connectivity index (χ0n) is 11.9. The van der Waals surface area contributed by atoms with Crippen LogP contribution in [-0.2, 0) is 4.74 Å². The van der Waals surface area contributed by atoms with E-state index in [1.165, 1.54) is 0 Å². The normalized spacial score (nSPS) is 11.0. The number of aromatic amines is 1. The number of ether oxygens (including phenoxy) is 2. The lowest BCUT2D eigenvalue weighted by Gasteiger charge is -2.14. The molecule has 1 N–H and O–H groups in total. The fourth-order valence-electron chi connectivity index (χ4n) is 2.29. The minimum atomic E-state index is 0.452. The molecule has 0 spiro atoms. The van der Waals surface area contributed by atoms with E-state index in [1.807, 2.05) is 30.3 Å². The van der Waals surface area contributed by atoms with Crippen molar-refractivity contribution in [3.05, 3.63) is 46.7 Å². The summed E-state index contributed by atoms with van der Waals surface area (Å²) in [7, 11) is 1.63. The van der Waals surface area contributed by atoms with Crippen LogP contribution < -0.4 is 4.74 Å². The maximum Gasteiger partial charge on any atom is 0.127 e. The molecule has 114 valence electrons. The van der Waals surface area contributed by atoms with Crippen molar-refractivity contribution in [2.75, 3.05) is 20.3 Å². The zero-order valence-corrected chi connectivity index (χ0v) is 13.4. The van der Waals surface area contributed by atoms with Crippen LogP contribution in [0.5, 0.6) is 5.75 Å². The minimum absolute atomic E-state index is 0.452. The van der Waals surface area contributed by atoms with Crippen molar-refractivity contribution in [2.45, 2.75) is 0 Å². The molecule has 3 rings (SSSR count). The lowest BCUT2D eigenvalue weighted by molar-refractivity contribution is 0.146. The molecule has 0 fully saturated rings. The van der Waals surface area contributed by atoms with Crippen LogP contribution in [0.3, 0.4) is 0 Å². The molecule has 2 aromatic carbocycles. The number of nitrogens with zero attached hydrogens (tertiary/aromatic N) is 1. The van der Waals surface area contributed by atoms with E-state index < -0.39 is 0 Å². The largest absolute Gasteiger partial charge is 0.491 e. The van der Waals surface area contributed by atoms with Crippen LogP contribution in [0, 0.1) is 0 Å². The highest BCUT2D eigenvalue weighted by Crippen LogP contribution is 2.42. The summed E-state index contributed by atoms with van der Waals surface area (Å²) in [6, 6.07) is 9.44. The topological polar surface area (TPSA) is 47.1 Å². The molecule has 22 heavy (non-hydrogen) atoms. The van der Waals surface area contributed by atoms with Crippen molar-refractivity contribution < 1.29 is 9.47 Å². The van der Waals surface area contributed by atoms with Crippen LogP contribution in [0.25, 0.3) is 22.2 Å². The van der Waals surface area contributed by atoms with Gasteiger partial charge in [-0.25, -0.2) is 4.98 Å². The molecule has 0 aliphatic heterocycles. The average molecular weight is 337 g/mol. The third kappa shape index (κ3) is 2.77. The molecule has 0 unspecified atom stereocenters. The van der Waals surface area contributed by atoms with Gasteiger partial charge < -0.3 is 14.5 Å². The molecule has 0 amide bonds. The first-order valence-electron chi connectivity index (χ1n) is 6.74. The summed E-state index contributed by atoms with van der Waals surface area (Å²) in [6.07, 6.45) is 1.59. The number of halogens is 2. The van der Waals surface area contributed by atoms with Crippen molar-refractivity contribution in [2.24, 2.45) is 0 Å². The predicted molar refractivity (Wildman–Crippen MR) is 88.9 cm³/mol. The zero-order chi connectivity index (χ0) is 15.5. The number of H-pyrrole nitrogens is 1. The number of hydrogen-bond acceptors (Lipinski definition) is 3. The van der Waals surface area contributed by atoms with Gasteiger partial charge in [-0.3, -0.25) is 0 Å². The molecule has 4 nitrogen and oxygen atoms in total. The molecule has 0 radical (unpaired) electrons. The Bertz CT molecular complexity index is 802. The first-order chi connectivity index (χ1) is 10.7. The van der Waals surface area contributed by atoms with Gasteiger partial charge in [0.15, 0.2) is 0 Å². The van der Waals surface area contributed by atoms with Crippen molar-refractivity contribution in [1.29, 1.82) is 0 Å². The third-order valence-electron chi connectivity index (χ3n) is 3.31. The molecule has 0 saturated heterocycles. The van der Waals surface area contributed by atoms with E-state index in [2.05, 4.69) is 9.97 Å². The summed E-state index contributed by atoms with van der Waals surface area (Å²) >= 11 is 12.9. The summed E-state index contributed by atoms with van der Waals surface area (Å²) in [5, 5.41) is 1.05. The van der Waals surface area contributed by atoms with Gasteiger partial charge in [-0.2, -0.15) is 0 Å². The van der Waals surface area contributed by atoms with Crippen LogP contribution >= 0.6 is 23.2 Å². The number of para-hydroxylation sites is 1. The molecule has 0 aliphatic rings.